The van der Waals surface area contributed by atoms with Crippen molar-refractivity contribution in [2.75, 3.05) is 13.2 Å². The first kappa shape index (κ1) is 13.9. The van der Waals surface area contributed by atoms with Gasteiger partial charge in [0.1, 0.15) is 18.1 Å². The van der Waals surface area contributed by atoms with Crippen molar-refractivity contribution >= 4 is 5.97 Å². The number of phenolic OH excluding ortho intramolecular Hbond substituents is 2. The van der Waals surface area contributed by atoms with Crippen molar-refractivity contribution in [1.82, 2.24) is 0 Å². The predicted octanol–water partition coefficient (Wildman–Crippen LogP) is 1.91. The lowest BCUT2D eigenvalue weighted by atomic mass is 10.0. The van der Waals surface area contributed by atoms with Crippen molar-refractivity contribution in [1.29, 1.82) is 0 Å². The zero-order valence-corrected chi connectivity index (χ0v) is 10.6. The summed E-state index contributed by atoms with van der Waals surface area (Å²) in [5, 5.41) is 27.6. The van der Waals surface area contributed by atoms with Gasteiger partial charge in [-0.05, 0) is 41.5 Å². The molecule has 0 spiro atoms. The lowest BCUT2D eigenvalue weighted by Gasteiger charge is -2.07. The molecule has 2 aromatic rings. The SMILES string of the molecule is O=C(OCCO)c1cc(O)cc(-c2ccc(O)cc2)c1. The number of ether oxygens (including phenoxy) is 1. The van der Waals surface area contributed by atoms with Crippen LogP contribution in [-0.4, -0.2) is 34.5 Å². The van der Waals surface area contributed by atoms with Crippen molar-refractivity contribution in [3.8, 4) is 22.6 Å². The van der Waals surface area contributed by atoms with Crippen LogP contribution in [0.1, 0.15) is 10.4 Å². The molecule has 0 fully saturated rings. The maximum absolute atomic E-state index is 11.7. The van der Waals surface area contributed by atoms with Gasteiger partial charge in [0.15, 0.2) is 0 Å². The molecule has 0 aliphatic rings. The van der Waals surface area contributed by atoms with E-state index in [1.165, 1.54) is 24.3 Å². The monoisotopic (exact) mass is 274 g/mol. The van der Waals surface area contributed by atoms with Crippen LogP contribution in [0.15, 0.2) is 42.5 Å². The first-order valence-electron chi connectivity index (χ1n) is 6.01. The summed E-state index contributed by atoms with van der Waals surface area (Å²) in [6.07, 6.45) is 0. The quantitative estimate of drug-likeness (QED) is 0.741. The lowest BCUT2D eigenvalue weighted by Crippen LogP contribution is -2.08. The third-order valence-corrected chi connectivity index (χ3v) is 2.68. The number of benzene rings is 2. The van der Waals surface area contributed by atoms with Gasteiger partial charge >= 0.3 is 5.97 Å². The van der Waals surface area contributed by atoms with Crippen molar-refractivity contribution in [3.05, 3.63) is 48.0 Å². The molecule has 0 atom stereocenters. The number of esters is 1. The number of carbonyl (C=O) groups excluding carboxylic acids is 1. The minimum Gasteiger partial charge on any atom is -0.508 e. The van der Waals surface area contributed by atoms with Gasteiger partial charge in [-0.25, -0.2) is 4.79 Å². The molecule has 0 aromatic heterocycles. The molecule has 0 saturated heterocycles. The topological polar surface area (TPSA) is 87.0 Å². The lowest BCUT2D eigenvalue weighted by molar-refractivity contribution is 0.0433. The molecule has 0 radical (unpaired) electrons. The summed E-state index contributed by atoms with van der Waals surface area (Å²) in [6, 6.07) is 10.8. The molecule has 2 rings (SSSR count). The highest BCUT2D eigenvalue weighted by Crippen LogP contribution is 2.27. The van der Waals surface area contributed by atoms with E-state index in [4.69, 9.17) is 9.84 Å². The molecule has 0 aliphatic carbocycles. The van der Waals surface area contributed by atoms with Gasteiger partial charge < -0.3 is 20.1 Å². The second-order valence-electron chi connectivity index (χ2n) is 4.17. The number of aliphatic hydroxyl groups excluding tert-OH is 1. The standard InChI is InChI=1S/C15H14O5/c16-5-6-20-15(19)12-7-11(8-14(18)9-12)10-1-3-13(17)4-2-10/h1-4,7-9,16-18H,5-6H2. The fourth-order valence-electron chi connectivity index (χ4n) is 1.77. The average molecular weight is 274 g/mol. The summed E-state index contributed by atoms with van der Waals surface area (Å²) < 4.78 is 4.80. The second-order valence-corrected chi connectivity index (χ2v) is 4.17. The number of rotatable bonds is 4. The highest BCUT2D eigenvalue weighted by atomic mass is 16.5. The first-order chi connectivity index (χ1) is 9.60. The smallest absolute Gasteiger partial charge is 0.338 e. The molecule has 0 saturated carbocycles. The Balaban J connectivity index is 2.33. The highest BCUT2D eigenvalue weighted by Gasteiger charge is 2.11. The summed E-state index contributed by atoms with van der Waals surface area (Å²) >= 11 is 0. The number of hydrogen-bond acceptors (Lipinski definition) is 5. The molecular formula is C15H14O5. The summed E-state index contributed by atoms with van der Waals surface area (Å²) in [4.78, 5) is 11.7. The summed E-state index contributed by atoms with van der Waals surface area (Å²) in [7, 11) is 0. The van der Waals surface area contributed by atoms with Gasteiger partial charge in [0.05, 0.1) is 12.2 Å². The van der Waals surface area contributed by atoms with Crippen molar-refractivity contribution in [2.45, 2.75) is 0 Å². The number of aromatic hydroxyl groups is 2. The van der Waals surface area contributed by atoms with Crippen LogP contribution in [0.4, 0.5) is 0 Å². The zero-order chi connectivity index (χ0) is 14.5. The van der Waals surface area contributed by atoms with E-state index in [1.54, 1.807) is 18.2 Å². The minimum absolute atomic E-state index is 0.0634. The third-order valence-electron chi connectivity index (χ3n) is 2.68. The van der Waals surface area contributed by atoms with Crippen LogP contribution < -0.4 is 0 Å². The maximum atomic E-state index is 11.7. The van der Waals surface area contributed by atoms with E-state index in [0.717, 1.165) is 5.56 Å². The molecule has 0 aliphatic heterocycles. The fraction of sp³-hybridized carbons (Fsp3) is 0.133. The third kappa shape index (κ3) is 3.27. The molecule has 0 amide bonds. The molecule has 3 N–H and O–H groups in total. The van der Waals surface area contributed by atoms with E-state index >= 15 is 0 Å². The molecule has 0 bridgehead atoms. The molecule has 0 unspecified atom stereocenters. The summed E-state index contributed by atoms with van der Waals surface area (Å²) in [5.41, 5.74) is 1.57. The Bertz CT molecular complexity index is 604. The highest BCUT2D eigenvalue weighted by molar-refractivity contribution is 5.91. The van der Waals surface area contributed by atoms with Crippen LogP contribution in [0, 0.1) is 0 Å². The number of carbonyl (C=O) groups is 1. The fourth-order valence-corrected chi connectivity index (χ4v) is 1.77. The number of phenols is 2. The van der Waals surface area contributed by atoms with Crippen molar-refractivity contribution in [3.63, 3.8) is 0 Å². The Morgan fingerprint density at radius 3 is 2.30 bits per heavy atom. The van der Waals surface area contributed by atoms with Gasteiger partial charge in [-0.3, -0.25) is 0 Å². The second kappa shape index (κ2) is 6.08. The molecular weight excluding hydrogens is 260 g/mol. The Labute approximate surface area is 115 Å². The van der Waals surface area contributed by atoms with Crippen LogP contribution in [0.3, 0.4) is 0 Å². The Hall–Kier alpha value is -2.53. The molecule has 2 aromatic carbocycles. The van der Waals surface area contributed by atoms with E-state index in [0.29, 0.717) is 5.56 Å². The van der Waals surface area contributed by atoms with Crippen molar-refractivity contribution < 1.29 is 24.9 Å². The van der Waals surface area contributed by atoms with Gasteiger partial charge in [-0.1, -0.05) is 12.1 Å². The van der Waals surface area contributed by atoms with Crippen molar-refractivity contribution in [2.24, 2.45) is 0 Å². The van der Waals surface area contributed by atoms with Gasteiger partial charge in [0.2, 0.25) is 0 Å². The normalized spacial score (nSPS) is 10.2. The first-order valence-corrected chi connectivity index (χ1v) is 6.01. The van der Waals surface area contributed by atoms with E-state index in [9.17, 15) is 15.0 Å². The minimum atomic E-state index is -0.616. The van der Waals surface area contributed by atoms with E-state index in [1.807, 2.05) is 0 Å². The average Bonchev–Trinajstić information content (AvgIpc) is 2.44. The number of hydrogen-bond donors (Lipinski definition) is 3. The van der Waals surface area contributed by atoms with Gasteiger partial charge in [0, 0.05) is 0 Å². The summed E-state index contributed by atoms with van der Waals surface area (Å²) in [6.45, 7) is -0.349. The molecule has 104 valence electrons. The van der Waals surface area contributed by atoms with Crippen LogP contribution >= 0.6 is 0 Å². The molecule has 0 heterocycles. The predicted molar refractivity (Wildman–Crippen MR) is 72.6 cm³/mol. The summed E-state index contributed by atoms with van der Waals surface area (Å²) in [5.74, 6) is -0.544. The van der Waals surface area contributed by atoms with Crippen LogP contribution in [-0.2, 0) is 4.74 Å². The molecule has 20 heavy (non-hydrogen) atoms. The molecule has 5 nitrogen and oxygen atoms in total. The van der Waals surface area contributed by atoms with E-state index < -0.39 is 5.97 Å². The van der Waals surface area contributed by atoms with Crippen LogP contribution in [0.2, 0.25) is 0 Å². The van der Waals surface area contributed by atoms with Gasteiger partial charge in [0.25, 0.3) is 0 Å². The van der Waals surface area contributed by atoms with E-state index in [-0.39, 0.29) is 30.3 Å². The largest absolute Gasteiger partial charge is 0.508 e. The Kier molecular flexibility index (Phi) is 4.22. The Morgan fingerprint density at radius 1 is 0.950 bits per heavy atom. The maximum Gasteiger partial charge on any atom is 0.338 e. The zero-order valence-electron chi connectivity index (χ0n) is 10.6. The Morgan fingerprint density at radius 2 is 1.65 bits per heavy atom. The van der Waals surface area contributed by atoms with Gasteiger partial charge in [-0.2, -0.15) is 0 Å². The van der Waals surface area contributed by atoms with Crippen LogP contribution in [0.25, 0.3) is 11.1 Å². The van der Waals surface area contributed by atoms with E-state index in [2.05, 4.69) is 0 Å². The van der Waals surface area contributed by atoms with Crippen LogP contribution in [0.5, 0.6) is 11.5 Å². The van der Waals surface area contributed by atoms with Gasteiger partial charge in [-0.15, -0.1) is 0 Å². The number of aliphatic hydroxyl groups is 1. The molecule has 5 heteroatoms.